The summed E-state index contributed by atoms with van der Waals surface area (Å²) in [5, 5.41) is 2.50. The number of carbonyl (C=O) groups is 2. The summed E-state index contributed by atoms with van der Waals surface area (Å²) < 4.78 is 33.2. The monoisotopic (exact) mass is 287 g/mol. The van der Waals surface area contributed by atoms with Crippen LogP contribution >= 0.6 is 0 Å². The zero-order valence-electron chi connectivity index (χ0n) is 11.1. The Bertz CT molecular complexity index is 479. The van der Waals surface area contributed by atoms with E-state index in [2.05, 4.69) is 10.1 Å². The first-order valence-corrected chi connectivity index (χ1v) is 5.97. The molecule has 0 aliphatic carbocycles. The Morgan fingerprint density at radius 2 is 2.05 bits per heavy atom. The molecule has 0 aliphatic rings. The van der Waals surface area contributed by atoms with Crippen LogP contribution in [0.2, 0.25) is 0 Å². The Labute approximate surface area is 114 Å². The van der Waals surface area contributed by atoms with Crippen molar-refractivity contribution in [3.05, 3.63) is 29.8 Å². The molecule has 20 heavy (non-hydrogen) atoms. The maximum atomic E-state index is 12.1. The molecule has 1 aromatic rings. The topological polar surface area (TPSA) is 64.6 Å². The molecule has 0 unspecified atom stereocenters. The lowest BCUT2D eigenvalue weighted by Gasteiger charge is -2.13. The van der Waals surface area contributed by atoms with Gasteiger partial charge in [0.25, 0.3) is 5.91 Å². The predicted molar refractivity (Wildman–Crippen MR) is 66.6 cm³/mol. The third-order valence-electron chi connectivity index (χ3n) is 2.30. The minimum Gasteiger partial charge on any atom is -0.449 e. The second kappa shape index (κ2) is 7.42. The highest BCUT2D eigenvalue weighted by atomic mass is 19.3. The van der Waals surface area contributed by atoms with E-state index in [-0.39, 0.29) is 11.3 Å². The van der Waals surface area contributed by atoms with Crippen LogP contribution in [0.4, 0.5) is 8.78 Å². The first-order valence-electron chi connectivity index (χ1n) is 5.97. The Morgan fingerprint density at radius 1 is 1.35 bits per heavy atom. The standard InChI is InChI=1S/C13H15F2NO4/c1-3-16-11(17)8(2)19-12(18)9-5-4-6-10(7-9)20-13(14)15/h4-8,13H,3H2,1-2H3,(H,16,17)/t8-/m0/s1. The summed E-state index contributed by atoms with van der Waals surface area (Å²) in [6.45, 7) is 0.592. The normalized spacial score (nSPS) is 11.8. The zero-order chi connectivity index (χ0) is 15.1. The second-order valence-electron chi connectivity index (χ2n) is 3.85. The average Bonchev–Trinajstić information content (AvgIpc) is 2.38. The third-order valence-corrected chi connectivity index (χ3v) is 2.30. The summed E-state index contributed by atoms with van der Waals surface area (Å²) in [4.78, 5) is 23.2. The maximum absolute atomic E-state index is 12.1. The smallest absolute Gasteiger partial charge is 0.387 e. The molecule has 7 heteroatoms. The number of hydrogen-bond donors (Lipinski definition) is 1. The van der Waals surface area contributed by atoms with Crippen molar-refractivity contribution < 1.29 is 27.8 Å². The highest BCUT2D eigenvalue weighted by molar-refractivity contribution is 5.92. The van der Waals surface area contributed by atoms with Crippen molar-refractivity contribution in [2.75, 3.05) is 6.54 Å². The maximum Gasteiger partial charge on any atom is 0.387 e. The number of amides is 1. The van der Waals surface area contributed by atoms with Crippen LogP contribution in [-0.2, 0) is 9.53 Å². The van der Waals surface area contributed by atoms with E-state index in [4.69, 9.17) is 4.74 Å². The van der Waals surface area contributed by atoms with E-state index in [0.29, 0.717) is 6.54 Å². The van der Waals surface area contributed by atoms with Crippen LogP contribution in [0, 0.1) is 0 Å². The van der Waals surface area contributed by atoms with Gasteiger partial charge in [-0.15, -0.1) is 0 Å². The highest BCUT2D eigenvalue weighted by Crippen LogP contribution is 2.17. The molecule has 0 aliphatic heterocycles. The molecule has 1 atom stereocenters. The Morgan fingerprint density at radius 3 is 2.65 bits per heavy atom. The van der Waals surface area contributed by atoms with E-state index in [1.54, 1.807) is 6.92 Å². The molecule has 0 saturated heterocycles. The zero-order valence-corrected chi connectivity index (χ0v) is 11.1. The van der Waals surface area contributed by atoms with Crippen molar-refractivity contribution in [3.8, 4) is 5.75 Å². The molecule has 1 amide bonds. The van der Waals surface area contributed by atoms with Gasteiger partial charge in [0.15, 0.2) is 6.10 Å². The van der Waals surface area contributed by atoms with Crippen molar-refractivity contribution in [3.63, 3.8) is 0 Å². The highest BCUT2D eigenvalue weighted by Gasteiger charge is 2.18. The third kappa shape index (κ3) is 4.83. The molecule has 1 rings (SSSR count). The molecule has 0 saturated carbocycles. The van der Waals surface area contributed by atoms with Crippen LogP contribution in [0.5, 0.6) is 5.75 Å². The van der Waals surface area contributed by atoms with Gasteiger partial charge in [0.05, 0.1) is 5.56 Å². The first kappa shape index (κ1) is 15.9. The summed E-state index contributed by atoms with van der Waals surface area (Å²) in [5.41, 5.74) is 0.0271. The lowest BCUT2D eigenvalue weighted by molar-refractivity contribution is -0.128. The average molecular weight is 287 g/mol. The van der Waals surface area contributed by atoms with Gasteiger partial charge >= 0.3 is 12.6 Å². The largest absolute Gasteiger partial charge is 0.449 e. The van der Waals surface area contributed by atoms with E-state index >= 15 is 0 Å². The minimum absolute atomic E-state index is 0.0271. The molecular formula is C13H15F2NO4. The van der Waals surface area contributed by atoms with E-state index in [9.17, 15) is 18.4 Å². The van der Waals surface area contributed by atoms with E-state index in [0.717, 1.165) is 6.07 Å². The minimum atomic E-state index is -2.98. The number of ether oxygens (including phenoxy) is 2. The number of nitrogens with one attached hydrogen (secondary N) is 1. The van der Waals surface area contributed by atoms with Crippen LogP contribution < -0.4 is 10.1 Å². The van der Waals surface area contributed by atoms with Gasteiger partial charge in [-0.1, -0.05) is 6.07 Å². The Kier molecular flexibility index (Phi) is 5.89. The van der Waals surface area contributed by atoms with Gasteiger partial charge in [-0.05, 0) is 32.0 Å². The SMILES string of the molecule is CCNC(=O)[C@H](C)OC(=O)c1cccc(OC(F)F)c1. The lowest BCUT2D eigenvalue weighted by atomic mass is 10.2. The fraction of sp³-hybridized carbons (Fsp3) is 0.385. The fourth-order valence-corrected chi connectivity index (χ4v) is 1.40. The molecule has 0 spiro atoms. The van der Waals surface area contributed by atoms with Crippen molar-refractivity contribution in [1.29, 1.82) is 0 Å². The summed E-state index contributed by atoms with van der Waals surface area (Å²) >= 11 is 0. The molecule has 5 nitrogen and oxygen atoms in total. The molecule has 1 N–H and O–H groups in total. The van der Waals surface area contributed by atoms with Crippen LogP contribution in [0.15, 0.2) is 24.3 Å². The van der Waals surface area contributed by atoms with Crippen molar-refractivity contribution in [2.24, 2.45) is 0 Å². The molecule has 110 valence electrons. The van der Waals surface area contributed by atoms with Gasteiger partial charge in [-0.25, -0.2) is 4.79 Å². The van der Waals surface area contributed by atoms with Crippen LogP contribution in [0.3, 0.4) is 0 Å². The number of hydrogen-bond acceptors (Lipinski definition) is 4. The molecule has 0 heterocycles. The van der Waals surface area contributed by atoms with Gasteiger partial charge in [-0.3, -0.25) is 4.79 Å². The fourth-order valence-electron chi connectivity index (χ4n) is 1.40. The van der Waals surface area contributed by atoms with Crippen LogP contribution in [0.25, 0.3) is 0 Å². The lowest BCUT2D eigenvalue weighted by Crippen LogP contribution is -2.35. The Hall–Kier alpha value is -2.18. The summed E-state index contributed by atoms with van der Waals surface area (Å²) in [7, 11) is 0. The number of esters is 1. The molecule has 0 radical (unpaired) electrons. The van der Waals surface area contributed by atoms with Gasteiger partial charge in [0.2, 0.25) is 0 Å². The molecule has 1 aromatic carbocycles. The van der Waals surface area contributed by atoms with Crippen molar-refractivity contribution in [2.45, 2.75) is 26.6 Å². The number of likely N-dealkylation sites (N-methyl/N-ethyl adjacent to an activating group) is 1. The van der Waals surface area contributed by atoms with Gasteiger partial charge in [0, 0.05) is 6.54 Å². The summed E-state index contributed by atoms with van der Waals surface area (Å²) in [5.74, 6) is -1.37. The Balaban J connectivity index is 2.70. The number of alkyl halides is 2. The van der Waals surface area contributed by atoms with Crippen molar-refractivity contribution in [1.82, 2.24) is 5.32 Å². The van der Waals surface area contributed by atoms with Crippen molar-refractivity contribution >= 4 is 11.9 Å². The quantitative estimate of drug-likeness (QED) is 0.812. The van der Waals surface area contributed by atoms with E-state index in [1.165, 1.54) is 25.1 Å². The molecular weight excluding hydrogens is 272 g/mol. The number of rotatable bonds is 6. The molecule has 0 aromatic heterocycles. The van der Waals surface area contributed by atoms with Gasteiger partial charge in [0.1, 0.15) is 5.75 Å². The van der Waals surface area contributed by atoms with Crippen LogP contribution in [0.1, 0.15) is 24.2 Å². The van der Waals surface area contributed by atoms with E-state index in [1.807, 2.05) is 0 Å². The number of halogens is 2. The molecule has 0 fully saturated rings. The van der Waals surface area contributed by atoms with Gasteiger partial charge in [-0.2, -0.15) is 8.78 Å². The summed E-state index contributed by atoms with van der Waals surface area (Å²) in [6, 6.07) is 5.17. The number of carbonyl (C=O) groups excluding carboxylic acids is 2. The number of benzene rings is 1. The van der Waals surface area contributed by atoms with E-state index < -0.39 is 24.6 Å². The predicted octanol–water partition coefficient (Wildman–Crippen LogP) is 1.97. The first-order chi connectivity index (χ1) is 9.43. The van der Waals surface area contributed by atoms with Crippen LogP contribution in [-0.4, -0.2) is 31.1 Å². The molecule has 0 bridgehead atoms. The van der Waals surface area contributed by atoms with Gasteiger partial charge < -0.3 is 14.8 Å². The second-order valence-corrected chi connectivity index (χ2v) is 3.85. The summed E-state index contributed by atoms with van der Waals surface area (Å²) in [6.07, 6.45) is -0.970.